The highest BCUT2D eigenvalue weighted by atomic mass is 15.2. The normalized spacial score (nSPS) is 17.3. The summed E-state index contributed by atoms with van der Waals surface area (Å²) in [7, 11) is 0. The van der Waals surface area contributed by atoms with Gasteiger partial charge in [-0.15, -0.1) is 0 Å². The number of aryl methyl sites for hydroxylation is 1. The third kappa shape index (κ3) is 4.99. The number of nitrogens with one attached hydrogen (secondary N) is 1. The first-order chi connectivity index (χ1) is 9.87. The number of nitrogens with zero attached hydrogens (tertiary/aromatic N) is 2. The van der Waals surface area contributed by atoms with Crippen LogP contribution in [0.3, 0.4) is 0 Å². The molecular formula is C18H31N3. The van der Waals surface area contributed by atoms with Crippen LogP contribution in [-0.4, -0.2) is 23.6 Å². The van der Waals surface area contributed by atoms with E-state index in [1.165, 1.54) is 24.8 Å². The molecule has 118 valence electrons. The fraction of sp³-hybridized carbons (Fsp3) is 0.722. The molecule has 1 aromatic heterocycles. The first-order valence-corrected chi connectivity index (χ1v) is 8.35. The highest BCUT2D eigenvalue weighted by Gasteiger charge is 2.19. The number of hydrogen-bond acceptors (Lipinski definition) is 3. The van der Waals surface area contributed by atoms with Crippen molar-refractivity contribution in [3.63, 3.8) is 0 Å². The van der Waals surface area contributed by atoms with Gasteiger partial charge >= 0.3 is 0 Å². The van der Waals surface area contributed by atoms with Gasteiger partial charge in [-0.3, -0.25) is 0 Å². The Kier molecular flexibility index (Phi) is 5.26. The highest BCUT2D eigenvalue weighted by molar-refractivity contribution is 5.43. The van der Waals surface area contributed by atoms with E-state index in [0.717, 1.165) is 37.1 Å². The molecule has 2 rings (SSSR count). The maximum absolute atomic E-state index is 4.75. The van der Waals surface area contributed by atoms with E-state index in [9.17, 15) is 0 Å². The first kappa shape index (κ1) is 16.3. The van der Waals surface area contributed by atoms with Crippen LogP contribution in [0.25, 0.3) is 0 Å². The predicted molar refractivity (Wildman–Crippen MR) is 90.8 cm³/mol. The first-order valence-electron chi connectivity index (χ1n) is 8.35. The van der Waals surface area contributed by atoms with Gasteiger partial charge in [0.05, 0.1) is 0 Å². The molecule has 3 heteroatoms. The van der Waals surface area contributed by atoms with Crippen LogP contribution in [0.4, 0.5) is 5.82 Å². The zero-order valence-corrected chi connectivity index (χ0v) is 14.4. The van der Waals surface area contributed by atoms with Crippen molar-refractivity contribution in [3.8, 4) is 0 Å². The van der Waals surface area contributed by atoms with E-state index in [1.54, 1.807) is 0 Å². The minimum Gasteiger partial charge on any atom is -0.357 e. The molecular weight excluding hydrogens is 258 g/mol. The second kappa shape index (κ2) is 6.78. The Morgan fingerprint density at radius 2 is 1.90 bits per heavy atom. The zero-order valence-electron chi connectivity index (χ0n) is 14.4. The van der Waals surface area contributed by atoms with E-state index in [4.69, 9.17) is 4.98 Å². The molecule has 0 aliphatic carbocycles. The van der Waals surface area contributed by atoms with Gasteiger partial charge in [0.15, 0.2) is 0 Å². The van der Waals surface area contributed by atoms with Gasteiger partial charge < -0.3 is 10.2 Å². The van der Waals surface area contributed by atoms with Gasteiger partial charge in [-0.05, 0) is 64.2 Å². The molecule has 1 saturated heterocycles. The lowest BCUT2D eigenvalue weighted by molar-refractivity contribution is 0.393. The van der Waals surface area contributed by atoms with Gasteiger partial charge in [0, 0.05) is 30.9 Å². The summed E-state index contributed by atoms with van der Waals surface area (Å²) in [5.41, 5.74) is 2.61. The minimum atomic E-state index is 0.150. The topological polar surface area (TPSA) is 28.2 Å². The third-order valence-corrected chi connectivity index (χ3v) is 4.34. The Hall–Kier alpha value is -1.09. The van der Waals surface area contributed by atoms with E-state index >= 15 is 0 Å². The van der Waals surface area contributed by atoms with Crippen LogP contribution >= 0.6 is 0 Å². The van der Waals surface area contributed by atoms with Crippen molar-refractivity contribution in [1.29, 1.82) is 0 Å². The van der Waals surface area contributed by atoms with E-state index in [-0.39, 0.29) is 5.54 Å². The van der Waals surface area contributed by atoms with Crippen LogP contribution in [0.1, 0.15) is 58.2 Å². The summed E-state index contributed by atoms with van der Waals surface area (Å²) in [4.78, 5) is 7.21. The second-order valence-electron chi connectivity index (χ2n) is 7.42. The Bertz CT molecular complexity index is 454. The molecule has 1 fully saturated rings. The Balaban J connectivity index is 2.05. The standard InChI is InChI=1S/C18H31N3/c1-6-15-7-9-21(10-8-15)17-12-16(11-14(2)20-17)13-19-18(3,4)5/h11-12,15,19H,6-10,13H2,1-5H3. The molecule has 0 radical (unpaired) electrons. The van der Waals surface area contributed by atoms with E-state index in [2.05, 4.69) is 57.0 Å². The molecule has 1 aromatic rings. The number of rotatable bonds is 4. The molecule has 1 N–H and O–H groups in total. The van der Waals surface area contributed by atoms with Crippen molar-refractivity contribution in [3.05, 3.63) is 23.4 Å². The van der Waals surface area contributed by atoms with Crippen molar-refractivity contribution < 1.29 is 0 Å². The van der Waals surface area contributed by atoms with Gasteiger partial charge in [0.1, 0.15) is 5.82 Å². The summed E-state index contributed by atoms with van der Waals surface area (Å²) >= 11 is 0. The smallest absolute Gasteiger partial charge is 0.129 e. The van der Waals surface area contributed by atoms with Crippen molar-refractivity contribution in [1.82, 2.24) is 10.3 Å². The summed E-state index contributed by atoms with van der Waals surface area (Å²) in [6, 6.07) is 4.46. The van der Waals surface area contributed by atoms with Crippen molar-refractivity contribution in [2.75, 3.05) is 18.0 Å². The van der Waals surface area contributed by atoms with Gasteiger partial charge in [0.2, 0.25) is 0 Å². The number of aromatic nitrogens is 1. The van der Waals surface area contributed by atoms with Crippen molar-refractivity contribution >= 4 is 5.82 Å². The van der Waals surface area contributed by atoms with Gasteiger partial charge in [-0.1, -0.05) is 13.3 Å². The van der Waals surface area contributed by atoms with Crippen LogP contribution < -0.4 is 10.2 Å². The average Bonchev–Trinajstić information content (AvgIpc) is 2.44. The van der Waals surface area contributed by atoms with Crippen LogP contribution in [0.15, 0.2) is 12.1 Å². The van der Waals surface area contributed by atoms with Crippen LogP contribution in [0, 0.1) is 12.8 Å². The minimum absolute atomic E-state index is 0.150. The molecule has 0 unspecified atom stereocenters. The molecule has 0 saturated carbocycles. The molecule has 1 aliphatic rings. The predicted octanol–water partition coefficient (Wildman–Crippen LogP) is 3.90. The Morgan fingerprint density at radius 3 is 2.48 bits per heavy atom. The monoisotopic (exact) mass is 289 g/mol. The number of anilines is 1. The van der Waals surface area contributed by atoms with E-state index in [0.29, 0.717) is 0 Å². The lowest BCUT2D eigenvalue weighted by Crippen LogP contribution is -2.36. The summed E-state index contributed by atoms with van der Waals surface area (Å²) in [6.07, 6.45) is 3.93. The molecule has 21 heavy (non-hydrogen) atoms. The van der Waals surface area contributed by atoms with Gasteiger partial charge in [-0.2, -0.15) is 0 Å². The van der Waals surface area contributed by atoms with Crippen LogP contribution in [-0.2, 0) is 6.54 Å². The van der Waals surface area contributed by atoms with Gasteiger partial charge in [-0.25, -0.2) is 4.98 Å². The largest absolute Gasteiger partial charge is 0.357 e. The summed E-state index contributed by atoms with van der Waals surface area (Å²) in [5.74, 6) is 2.07. The summed E-state index contributed by atoms with van der Waals surface area (Å²) < 4.78 is 0. The maximum atomic E-state index is 4.75. The molecule has 1 aliphatic heterocycles. The van der Waals surface area contributed by atoms with Crippen molar-refractivity contribution in [2.45, 2.75) is 66.0 Å². The van der Waals surface area contributed by atoms with E-state index in [1.807, 2.05) is 0 Å². The number of piperidine rings is 1. The molecule has 2 heterocycles. The van der Waals surface area contributed by atoms with Crippen molar-refractivity contribution in [2.24, 2.45) is 5.92 Å². The average molecular weight is 289 g/mol. The number of hydrogen-bond donors (Lipinski definition) is 1. The SMILES string of the molecule is CCC1CCN(c2cc(CNC(C)(C)C)cc(C)n2)CC1. The third-order valence-electron chi connectivity index (χ3n) is 4.34. The fourth-order valence-corrected chi connectivity index (χ4v) is 2.92. The quantitative estimate of drug-likeness (QED) is 0.911. The molecule has 0 spiro atoms. The summed E-state index contributed by atoms with van der Waals surface area (Å²) in [6.45, 7) is 14.2. The lowest BCUT2D eigenvalue weighted by Gasteiger charge is -2.33. The zero-order chi connectivity index (χ0) is 15.5. The second-order valence-corrected chi connectivity index (χ2v) is 7.42. The molecule has 0 aromatic carbocycles. The van der Waals surface area contributed by atoms with Crippen LogP contribution in [0.2, 0.25) is 0 Å². The molecule has 0 amide bonds. The Morgan fingerprint density at radius 1 is 1.24 bits per heavy atom. The van der Waals surface area contributed by atoms with E-state index < -0.39 is 0 Å². The lowest BCUT2D eigenvalue weighted by atomic mass is 9.94. The molecule has 3 nitrogen and oxygen atoms in total. The summed E-state index contributed by atoms with van der Waals surface area (Å²) in [5, 5.41) is 3.57. The number of pyridine rings is 1. The van der Waals surface area contributed by atoms with Gasteiger partial charge in [0.25, 0.3) is 0 Å². The fourth-order valence-electron chi connectivity index (χ4n) is 2.92. The highest BCUT2D eigenvalue weighted by Crippen LogP contribution is 2.24. The maximum Gasteiger partial charge on any atom is 0.129 e. The van der Waals surface area contributed by atoms with Crippen LogP contribution in [0.5, 0.6) is 0 Å². The molecule has 0 bridgehead atoms. The Labute approximate surface area is 130 Å². The molecule has 0 atom stereocenters.